The number of hydrogen-bond acceptors (Lipinski definition) is 6. The second-order valence-corrected chi connectivity index (χ2v) is 8.22. The molecule has 3 saturated heterocycles. The molecule has 9 nitrogen and oxygen atoms in total. The van der Waals surface area contributed by atoms with E-state index in [0.717, 1.165) is 0 Å². The molecular weight excluding hydrogens is 338 g/mol. The summed E-state index contributed by atoms with van der Waals surface area (Å²) in [5.74, 6) is -0.0267. The van der Waals surface area contributed by atoms with Gasteiger partial charge in [0.15, 0.2) is 0 Å². The number of rotatable bonds is 3. The van der Waals surface area contributed by atoms with Crippen molar-refractivity contribution in [3.63, 3.8) is 0 Å². The first-order valence-electron chi connectivity index (χ1n) is 8.24. The summed E-state index contributed by atoms with van der Waals surface area (Å²) >= 11 is 0. The molecule has 3 heterocycles. The zero-order valence-electron chi connectivity index (χ0n) is 13.9. The number of fused-ring (bicyclic) bond motifs is 1. The third-order valence-corrected chi connectivity index (χ3v) is 6.56. The molecule has 0 aromatic rings. The number of amides is 2. The van der Waals surface area contributed by atoms with Crippen molar-refractivity contribution in [3.8, 4) is 0 Å². The number of urea groups is 1. The average molecular weight is 363 g/mol. The lowest BCUT2D eigenvalue weighted by molar-refractivity contribution is 0.0368. The van der Waals surface area contributed by atoms with Crippen molar-refractivity contribution in [1.82, 2.24) is 14.1 Å². The molecule has 3 aliphatic heterocycles. The van der Waals surface area contributed by atoms with Crippen LogP contribution in [0.15, 0.2) is 0 Å². The number of ether oxygens (including phenoxy) is 3. The van der Waals surface area contributed by atoms with E-state index in [1.807, 2.05) is 0 Å². The highest BCUT2D eigenvalue weighted by Crippen LogP contribution is 2.26. The summed E-state index contributed by atoms with van der Waals surface area (Å²) in [6.45, 7) is 3.74. The first kappa shape index (κ1) is 17.9. The molecule has 2 amide bonds. The van der Waals surface area contributed by atoms with Crippen molar-refractivity contribution < 1.29 is 27.4 Å². The number of likely N-dealkylation sites (tertiary alicyclic amines) is 1. The van der Waals surface area contributed by atoms with Crippen LogP contribution in [0.2, 0.25) is 0 Å². The van der Waals surface area contributed by atoms with Crippen LogP contribution in [0.25, 0.3) is 0 Å². The van der Waals surface area contributed by atoms with Crippen LogP contribution in [0.3, 0.4) is 0 Å². The Bertz CT molecular complexity index is 551. The molecule has 0 aliphatic carbocycles. The first-order chi connectivity index (χ1) is 11.5. The SMILES string of the molecule is COCCN1[C@@H]2CN(C(=O)N3CCOCC3)C[C@@H]2OCCS1(=O)=O. The third-order valence-electron chi connectivity index (χ3n) is 4.71. The minimum Gasteiger partial charge on any atom is -0.383 e. The molecule has 10 heteroatoms. The molecule has 0 bridgehead atoms. The summed E-state index contributed by atoms with van der Waals surface area (Å²) in [5.41, 5.74) is 0. The summed E-state index contributed by atoms with van der Waals surface area (Å²) in [5, 5.41) is 0. The largest absolute Gasteiger partial charge is 0.383 e. The van der Waals surface area contributed by atoms with Crippen molar-refractivity contribution in [3.05, 3.63) is 0 Å². The molecule has 3 fully saturated rings. The van der Waals surface area contributed by atoms with Gasteiger partial charge in [-0.1, -0.05) is 0 Å². The average Bonchev–Trinajstić information content (AvgIpc) is 2.94. The maximum Gasteiger partial charge on any atom is 0.320 e. The number of sulfonamides is 1. The monoisotopic (exact) mass is 363 g/mol. The number of hydrogen-bond donors (Lipinski definition) is 0. The molecule has 138 valence electrons. The van der Waals surface area contributed by atoms with Crippen LogP contribution in [-0.2, 0) is 24.2 Å². The van der Waals surface area contributed by atoms with Crippen molar-refractivity contribution in [2.24, 2.45) is 0 Å². The van der Waals surface area contributed by atoms with Crippen molar-refractivity contribution in [1.29, 1.82) is 0 Å². The maximum atomic E-state index is 12.7. The van der Waals surface area contributed by atoms with Gasteiger partial charge in [-0.05, 0) is 0 Å². The van der Waals surface area contributed by atoms with Crippen molar-refractivity contribution in [2.75, 3.05) is 72.0 Å². The molecule has 0 N–H and O–H groups in total. The summed E-state index contributed by atoms with van der Waals surface area (Å²) in [6.07, 6.45) is -0.288. The minimum absolute atomic E-state index is 0.0267. The standard InChI is InChI=1S/C14H25N3O6S/c1-21-5-4-17-12-10-16(14(18)15-2-6-22-7-3-15)11-13(12)23-8-9-24(17,19)20/h12-13H,2-11H2,1H3/t12-,13+/m1/s1. The molecular formula is C14H25N3O6S. The van der Waals surface area contributed by atoms with Gasteiger partial charge in [-0.2, -0.15) is 4.31 Å². The fraction of sp³-hybridized carbons (Fsp3) is 0.929. The Kier molecular flexibility index (Phi) is 5.60. The molecule has 0 spiro atoms. The van der Waals surface area contributed by atoms with Gasteiger partial charge in [0.2, 0.25) is 10.0 Å². The molecule has 0 unspecified atom stereocenters. The lowest BCUT2D eigenvalue weighted by atomic mass is 10.2. The zero-order chi connectivity index (χ0) is 17.2. The lowest BCUT2D eigenvalue weighted by Gasteiger charge is -2.31. The summed E-state index contributed by atoms with van der Waals surface area (Å²) in [6, 6.07) is -0.420. The topological polar surface area (TPSA) is 88.6 Å². The Morgan fingerprint density at radius 1 is 1.17 bits per heavy atom. The number of nitrogens with zero attached hydrogens (tertiary/aromatic N) is 3. The Morgan fingerprint density at radius 3 is 2.62 bits per heavy atom. The maximum absolute atomic E-state index is 12.7. The molecule has 0 radical (unpaired) electrons. The highest BCUT2D eigenvalue weighted by Gasteiger charge is 2.46. The van der Waals surface area contributed by atoms with Gasteiger partial charge in [0, 0.05) is 33.3 Å². The van der Waals surface area contributed by atoms with E-state index in [4.69, 9.17) is 14.2 Å². The van der Waals surface area contributed by atoms with E-state index in [2.05, 4.69) is 0 Å². The summed E-state index contributed by atoms with van der Waals surface area (Å²) in [4.78, 5) is 16.1. The second kappa shape index (κ2) is 7.52. The third kappa shape index (κ3) is 3.67. The van der Waals surface area contributed by atoms with Gasteiger partial charge in [0.1, 0.15) is 0 Å². The van der Waals surface area contributed by atoms with Crippen LogP contribution >= 0.6 is 0 Å². The van der Waals surface area contributed by atoms with Crippen LogP contribution < -0.4 is 0 Å². The van der Waals surface area contributed by atoms with Crippen LogP contribution in [-0.4, -0.2) is 113 Å². The van der Waals surface area contributed by atoms with Gasteiger partial charge < -0.3 is 24.0 Å². The van der Waals surface area contributed by atoms with Gasteiger partial charge in [-0.3, -0.25) is 0 Å². The van der Waals surface area contributed by atoms with E-state index in [0.29, 0.717) is 46.0 Å². The highest BCUT2D eigenvalue weighted by molar-refractivity contribution is 7.89. The fourth-order valence-electron chi connectivity index (χ4n) is 3.42. The van der Waals surface area contributed by atoms with Crippen LogP contribution in [0.5, 0.6) is 0 Å². The predicted molar refractivity (Wildman–Crippen MR) is 85.3 cm³/mol. The molecule has 24 heavy (non-hydrogen) atoms. The van der Waals surface area contributed by atoms with Gasteiger partial charge in [-0.25, -0.2) is 13.2 Å². The van der Waals surface area contributed by atoms with E-state index in [-0.39, 0.29) is 37.1 Å². The van der Waals surface area contributed by atoms with E-state index < -0.39 is 10.0 Å². The molecule has 3 aliphatic rings. The second-order valence-electron chi connectivity index (χ2n) is 6.18. The van der Waals surface area contributed by atoms with Crippen molar-refractivity contribution in [2.45, 2.75) is 12.1 Å². The molecule has 3 rings (SSSR count). The van der Waals surface area contributed by atoms with Crippen LogP contribution in [0, 0.1) is 0 Å². The van der Waals surface area contributed by atoms with Gasteiger partial charge in [-0.15, -0.1) is 0 Å². The van der Waals surface area contributed by atoms with E-state index in [1.54, 1.807) is 16.9 Å². The fourth-order valence-corrected chi connectivity index (χ4v) is 4.93. The number of carbonyl (C=O) groups is 1. The minimum atomic E-state index is -3.40. The Labute approximate surface area is 142 Å². The van der Waals surface area contributed by atoms with E-state index >= 15 is 0 Å². The van der Waals surface area contributed by atoms with Crippen LogP contribution in [0.4, 0.5) is 4.79 Å². The Morgan fingerprint density at radius 2 is 1.92 bits per heavy atom. The van der Waals surface area contributed by atoms with E-state index in [1.165, 1.54) is 4.31 Å². The van der Waals surface area contributed by atoms with Gasteiger partial charge in [0.05, 0.1) is 50.9 Å². The smallest absolute Gasteiger partial charge is 0.320 e. The lowest BCUT2D eigenvalue weighted by Crippen LogP contribution is -2.49. The molecule has 2 atom stereocenters. The van der Waals surface area contributed by atoms with Gasteiger partial charge >= 0.3 is 6.03 Å². The number of methoxy groups -OCH3 is 1. The molecule has 0 saturated carbocycles. The zero-order valence-corrected chi connectivity index (χ0v) is 14.7. The van der Waals surface area contributed by atoms with Gasteiger partial charge in [0.25, 0.3) is 0 Å². The molecule has 0 aromatic carbocycles. The Balaban J connectivity index is 1.72. The predicted octanol–water partition coefficient (Wildman–Crippen LogP) is -1.20. The highest BCUT2D eigenvalue weighted by atomic mass is 32.2. The van der Waals surface area contributed by atoms with Crippen LogP contribution in [0.1, 0.15) is 0 Å². The Hall–Kier alpha value is -0.940. The first-order valence-corrected chi connectivity index (χ1v) is 9.85. The molecule has 0 aromatic heterocycles. The van der Waals surface area contributed by atoms with E-state index in [9.17, 15) is 13.2 Å². The quantitative estimate of drug-likeness (QED) is 0.626. The van der Waals surface area contributed by atoms with Crippen molar-refractivity contribution >= 4 is 16.1 Å². The number of carbonyl (C=O) groups excluding carboxylic acids is 1. The summed E-state index contributed by atoms with van der Waals surface area (Å²) in [7, 11) is -1.86. The number of morpholine rings is 1. The summed E-state index contributed by atoms with van der Waals surface area (Å²) < 4.78 is 42.5. The normalized spacial score (nSPS) is 30.9.